The van der Waals surface area contributed by atoms with Crippen molar-refractivity contribution in [3.8, 4) is 17.4 Å². The van der Waals surface area contributed by atoms with Gasteiger partial charge in [-0.25, -0.2) is 0 Å². The van der Waals surface area contributed by atoms with Gasteiger partial charge in [0.15, 0.2) is 11.5 Å². The first kappa shape index (κ1) is 14.3. The lowest BCUT2D eigenvalue weighted by Crippen LogP contribution is -1.95. The minimum absolute atomic E-state index is 0.147. The lowest BCUT2D eigenvalue weighted by molar-refractivity contribution is 0.288. The third kappa shape index (κ3) is 3.68. The highest BCUT2D eigenvalue weighted by atomic mass is 19.1. The van der Waals surface area contributed by atoms with Crippen molar-refractivity contribution in [2.24, 2.45) is 0 Å². The van der Waals surface area contributed by atoms with Gasteiger partial charge in [0, 0.05) is 12.7 Å². The number of hydrogen-bond acceptors (Lipinski definition) is 4. The summed E-state index contributed by atoms with van der Waals surface area (Å²) in [5.74, 6) is 0.595. The Balaban J connectivity index is 2.19. The van der Waals surface area contributed by atoms with Crippen molar-refractivity contribution in [3.05, 3.63) is 47.9 Å². The number of aryl methyl sites for hydroxylation is 1. The molecule has 0 atom stereocenters. The molecule has 1 aromatic heterocycles. The number of methoxy groups -OCH3 is 1. The highest BCUT2D eigenvalue weighted by Gasteiger charge is 2.08. The van der Waals surface area contributed by atoms with E-state index in [1.807, 2.05) is 12.1 Å². The summed E-state index contributed by atoms with van der Waals surface area (Å²) in [7, 11) is 1.54. The second-order valence-corrected chi connectivity index (χ2v) is 4.21. The van der Waals surface area contributed by atoms with E-state index in [1.54, 1.807) is 12.1 Å². The Kier molecular flexibility index (Phi) is 4.90. The second kappa shape index (κ2) is 6.86. The summed E-state index contributed by atoms with van der Waals surface area (Å²) in [6.07, 6.45) is 1.44. The summed E-state index contributed by atoms with van der Waals surface area (Å²) < 4.78 is 23.8. The Bertz CT molecular complexity index is 575. The van der Waals surface area contributed by atoms with Crippen LogP contribution < -0.4 is 9.47 Å². The Hall–Kier alpha value is -2.14. The predicted octanol–water partition coefficient (Wildman–Crippen LogP) is 2.95. The number of ether oxygens (including phenoxy) is 2. The van der Waals surface area contributed by atoms with Crippen molar-refractivity contribution in [2.75, 3.05) is 13.7 Å². The number of halogens is 1. The van der Waals surface area contributed by atoms with Crippen LogP contribution >= 0.6 is 0 Å². The Morgan fingerprint density at radius 2 is 2.05 bits per heavy atom. The summed E-state index contributed by atoms with van der Waals surface area (Å²) >= 11 is 0. The van der Waals surface area contributed by atoms with Crippen LogP contribution in [0.25, 0.3) is 0 Å². The molecule has 0 saturated heterocycles. The van der Waals surface area contributed by atoms with Crippen LogP contribution in [0.5, 0.6) is 17.4 Å². The number of nitrogens with zero attached hydrogens (tertiary/aromatic N) is 1. The monoisotopic (exact) mass is 277 g/mol. The molecule has 0 amide bonds. The van der Waals surface area contributed by atoms with Gasteiger partial charge in [0.1, 0.15) is 0 Å². The standard InChI is InChI=1S/C15H16FNO3/c1-19-13-10-11(4-3-9-18)7-8-12(13)20-15-6-2-5-14(16)17-15/h2,5-8,10,18H,3-4,9H2,1H3. The molecular formula is C15H16FNO3. The smallest absolute Gasteiger partial charge is 0.222 e. The normalized spacial score (nSPS) is 10.3. The third-order valence-corrected chi connectivity index (χ3v) is 2.76. The van der Waals surface area contributed by atoms with Gasteiger partial charge >= 0.3 is 0 Å². The first-order chi connectivity index (χ1) is 9.72. The van der Waals surface area contributed by atoms with E-state index >= 15 is 0 Å². The van der Waals surface area contributed by atoms with E-state index in [1.165, 1.54) is 19.2 Å². The minimum atomic E-state index is -0.596. The molecular weight excluding hydrogens is 261 g/mol. The van der Waals surface area contributed by atoms with Crippen LogP contribution in [-0.2, 0) is 6.42 Å². The molecule has 1 N–H and O–H groups in total. The average molecular weight is 277 g/mol. The maximum absolute atomic E-state index is 13.0. The molecule has 0 fully saturated rings. The molecule has 0 radical (unpaired) electrons. The highest BCUT2D eigenvalue weighted by Crippen LogP contribution is 2.31. The molecule has 0 spiro atoms. The molecule has 2 aromatic rings. The van der Waals surface area contributed by atoms with Gasteiger partial charge in [-0.05, 0) is 36.6 Å². The van der Waals surface area contributed by atoms with Crippen LogP contribution in [0.4, 0.5) is 4.39 Å². The lowest BCUT2D eigenvalue weighted by atomic mass is 10.1. The van der Waals surface area contributed by atoms with Crippen molar-refractivity contribution in [3.63, 3.8) is 0 Å². The number of aliphatic hydroxyl groups excluding tert-OH is 1. The van der Waals surface area contributed by atoms with Gasteiger partial charge in [-0.2, -0.15) is 9.37 Å². The fourth-order valence-corrected chi connectivity index (χ4v) is 1.79. The quantitative estimate of drug-likeness (QED) is 0.825. The number of hydrogen-bond donors (Lipinski definition) is 1. The molecule has 0 saturated carbocycles. The second-order valence-electron chi connectivity index (χ2n) is 4.21. The van der Waals surface area contributed by atoms with E-state index in [0.29, 0.717) is 17.9 Å². The molecule has 1 heterocycles. The number of aromatic nitrogens is 1. The van der Waals surface area contributed by atoms with E-state index in [0.717, 1.165) is 12.0 Å². The SMILES string of the molecule is COc1cc(CCCO)ccc1Oc1cccc(F)n1. The van der Waals surface area contributed by atoms with Gasteiger partial charge in [0.2, 0.25) is 11.8 Å². The van der Waals surface area contributed by atoms with Gasteiger partial charge in [-0.15, -0.1) is 0 Å². The van der Waals surface area contributed by atoms with Gasteiger partial charge in [0.05, 0.1) is 7.11 Å². The van der Waals surface area contributed by atoms with E-state index < -0.39 is 5.95 Å². The highest BCUT2D eigenvalue weighted by molar-refractivity contribution is 5.44. The lowest BCUT2D eigenvalue weighted by Gasteiger charge is -2.11. The molecule has 0 aliphatic carbocycles. The zero-order valence-corrected chi connectivity index (χ0v) is 11.2. The molecule has 5 heteroatoms. The topological polar surface area (TPSA) is 51.6 Å². The van der Waals surface area contributed by atoms with Crippen LogP contribution in [0.15, 0.2) is 36.4 Å². The molecule has 4 nitrogen and oxygen atoms in total. The fraction of sp³-hybridized carbons (Fsp3) is 0.267. The fourth-order valence-electron chi connectivity index (χ4n) is 1.79. The first-order valence-electron chi connectivity index (χ1n) is 6.31. The summed E-state index contributed by atoms with van der Waals surface area (Å²) in [6.45, 7) is 0.147. The van der Waals surface area contributed by atoms with Crippen LogP contribution in [0.3, 0.4) is 0 Å². The largest absolute Gasteiger partial charge is 0.493 e. The molecule has 1 aromatic carbocycles. The molecule has 0 bridgehead atoms. The van der Waals surface area contributed by atoms with Crippen molar-refractivity contribution in [1.29, 1.82) is 0 Å². The maximum Gasteiger partial charge on any atom is 0.222 e. The van der Waals surface area contributed by atoms with E-state index in [-0.39, 0.29) is 12.5 Å². The number of aliphatic hydroxyl groups is 1. The summed E-state index contributed by atoms with van der Waals surface area (Å²) in [5, 5.41) is 8.83. The van der Waals surface area contributed by atoms with Crippen molar-refractivity contribution < 1.29 is 19.0 Å². The van der Waals surface area contributed by atoms with Crippen molar-refractivity contribution in [2.45, 2.75) is 12.8 Å². The summed E-state index contributed by atoms with van der Waals surface area (Å²) in [6, 6.07) is 9.82. The Morgan fingerprint density at radius 3 is 2.75 bits per heavy atom. The molecule has 0 unspecified atom stereocenters. The van der Waals surface area contributed by atoms with Gasteiger partial charge in [-0.1, -0.05) is 12.1 Å². The van der Waals surface area contributed by atoms with E-state index in [9.17, 15) is 4.39 Å². The van der Waals surface area contributed by atoms with Gasteiger partial charge in [0.25, 0.3) is 0 Å². The van der Waals surface area contributed by atoms with Crippen molar-refractivity contribution in [1.82, 2.24) is 4.98 Å². The predicted molar refractivity (Wildman–Crippen MR) is 72.7 cm³/mol. The average Bonchev–Trinajstić information content (AvgIpc) is 2.46. The zero-order chi connectivity index (χ0) is 14.4. The van der Waals surface area contributed by atoms with E-state index in [4.69, 9.17) is 14.6 Å². The zero-order valence-electron chi connectivity index (χ0n) is 11.2. The maximum atomic E-state index is 13.0. The van der Waals surface area contributed by atoms with Gasteiger partial charge in [-0.3, -0.25) is 0 Å². The van der Waals surface area contributed by atoms with Crippen LogP contribution in [0.1, 0.15) is 12.0 Å². The van der Waals surface area contributed by atoms with Crippen LogP contribution in [-0.4, -0.2) is 23.8 Å². The molecule has 106 valence electrons. The summed E-state index contributed by atoms with van der Waals surface area (Å²) in [5.41, 5.74) is 1.04. The number of rotatable bonds is 6. The van der Waals surface area contributed by atoms with Gasteiger partial charge < -0.3 is 14.6 Å². The molecule has 20 heavy (non-hydrogen) atoms. The molecule has 2 rings (SSSR count). The number of benzene rings is 1. The third-order valence-electron chi connectivity index (χ3n) is 2.76. The van der Waals surface area contributed by atoms with Crippen LogP contribution in [0, 0.1) is 5.95 Å². The molecule has 0 aliphatic rings. The Morgan fingerprint density at radius 1 is 1.20 bits per heavy atom. The number of pyridine rings is 1. The van der Waals surface area contributed by atoms with Crippen molar-refractivity contribution >= 4 is 0 Å². The Labute approximate surface area is 116 Å². The molecule has 0 aliphatic heterocycles. The van der Waals surface area contributed by atoms with Crippen LogP contribution in [0.2, 0.25) is 0 Å². The van der Waals surface area contributed by atoms with E-state index in [2.05, 4.69) is 4.98 Å². The summed E-state index contributed by atoms with van der Waals surface area (Å²) in [4.78, 5) is 3.64. The minimum Gasteiger partial charge on any atom is -0.493 e. The first-order valence-corrected chi connectivity index (χ1v) is 6.31.